The zero-order valence-electron chi connectivity index (χ0n) is 13.0. The molecule has 0 saturated heterocycles. The number of hydrogen-bond acceptors (Lipinski definition) is 1. The third-order valence-electron chi connectivity index (χ3n) is 3.47. The molecule has 0 unspecified atom stereocenters. The van der Waals surface area contributed by atoms with Crippen LogP contribution < -0.4 is 0 Å². The smallest absolute Gasteiger partial charge is 0.0116 e. The third kappa shape index (κ3) is 10.1. The summed E-state index contributed by atoms with van der Waals surface area (Å²) in [5.41, 5.74) is 1.31. The molecule has 0 aliphatic carbocycles. The van der Waals surface area contributed by atoms with Crippen LogP contribution >= 0.6 is 11.8 Å². The Morgan fingerprint density at radius 3 is 2.20 bits per heavy atom. The van der Waals surface area contributed by atoms with E-state index < -0.39 is 0 Å². The second kappa shape index (κ2) is 13.3. The fourth-order valence-electron chi connectivity index (χ4n) is 2.24. The molecule has 0 fully saturated rings. The molecule has 0 saturated carbocycles. The predicted octanol–water partition coefficient (Wildman–Crippen LogP) is 6.57. The minimum atomic E-state index is 1.14. The van der Waals surface area contributed by atoms with E-state index in [1.807, 2.05) is 0 Å². The van der Waals surface area contributed by atoms with Gasteiger partial charge in [-0.1, -0.05) is 94.4 Å². The van der Waals surface area contributed by atoms with Crippen molar-refractivity contribution >= 4 is 17.8 Å². The normalized spacial score (nSPS) is 11.2. The summed E-state index contributed by atoms with van der Waals surface area (Å²) >= 11 is 2.06. The lowest BCUT2D eigenvalue weighted by molar-refractivity contribution is 0.586. The minimum absolute atomic E-state index is 1.14. The van der Waals surface area contributed by atoms with E-state index in [-0.39, 0.29) is 0 Å². The third-order valence-corrected chi connectivity index (χ3v) is 4.47. The van der Waals surface area contributed by atoms with Gasteiger partial charge in [0.1, 0.15) is 0 Å². The molecule has 0 aliphatic rings. The Morgan fingerprint density at radius 1 is 0.850 bits per heavy atom. The van der Waals surface area contributed by atoms with E-state index >= 15 is 0 Å². The van der Waals surface area contributed by atoms with Gasteiger partial charge in [-0.05, 0) is 17.7 Å². The van der Waals surface area contributed by atoms with Crippen molar-refractivity contribution in [2.75, 3.05) is 11.5 Å². The number of benzene rings is 1. The molecule has 1 heteroatoms. The van der Waals surface area contributed by atoms with Crippen LogP contribution in [0.15, 0.2) is 36.4 Å². The number of rotatable bonds is 12. The molecule has 0 spiro atoms. The lowest BCUT2D eigenvalue weighted by atomic mass is 10.1. The molecular formula is C19H30S. The first kappa shape index (κ1) is 17.4. The molecule has 1 rings (SSSR count). The molecule has 0 bridgehead atoms. The molecule has 0 heterocycles. The Kier molecular flexibility index (Phi) is 11.5. The molecule has 0 nitrogen and oxygen atoms in total. The van der Waals surface area contributed by atoms with Gasteiger partial charge in [-0.15, -0.1) is 0 Å². The summed E-state index contributed by atoms with van der Waals surface area (Å²) in [6.07, 6.45) is 15.8. The monoisotopic (exact) mass is 290 g/mol. The van der Waals surface area contributed by atoms with Crippen molar-refractivity contribution in [1.29, 1.82) is 0 Å². The quantitative estimate of drug-likeness (QED) is 0.392. The van der Waals surface area contributed by atoms with Gasteiger partial charge in [-0.2, -0.15) is 11.8 Å². The first-order valence-corrected chi connectivity index (χ1v) is 9.38. The van der Waals surface area contributed by atoms with Crippen LogP contribution in [0.25, 0.3) is 6.08 Å². The fourth-order valence-corrected chi connectivity index (χ4v) is 3.04. The molecule has 1 aromatic carbocycles. The molecule has 0 amide bonds. The molecule has 112 valence electrons. The van der Waals surface area contributed by atoms with Crippen LogP contribution in [0.2, 0.25) is 0 Å². The largest absolute Gasteiger partial charge is 0.158 e. The standard InChI is InChI=1S/C19H30S/c1-2-3-4-5-6-7-8-12-17-20-18-13-16-19-14-10-9-11-15-19/h9-11,13-16H,2-8,12,17-18H2,1H3/b16-13+. The van der Waals surface area contributed by atoms with E-state index in [1.54, 1.807) is 0 Å². The molecule has 0 aliphatic heterocycles. The van der Waals surface area contributed by atoms with Crippen molar-refractivity contribution in [1.82, 2.24) is 0 Å². The SMILES string of the molecule is CCCCCCCCCCSC/C=C/c1ccccc1. The van der Waals surface area contributed by atoms with E-state index in [4.69, 9.17) is 0 Å². The van der Waals surface area contributed by atoms with Gasteiger partial charge in [0, 0.05) is 5.75 Å². The first-order valence-electron chi connectivity index (χ1n) is 8.23. The fraction of sp³-hybridized carbons (Fsp3) is 0.579. The molecule has 1 aromatic rings. The number of thioether (sulfide) groups is 1. The second-order valence-electron chi connectivity index (χ2n) is 5.36. The van der Waals surface area contributed by atoms with Crippen molar-refractivity contribution < 1.29 is 0 Å². The highest BCUT2D eigenvalue weighted by Gasteiger charge is 1.92. The van der Waals surface area contributed by atoms with Crippen molar-refractivity contribution in [3.63, 3.8) is 0 Å². The minimum Gasteiger partial charge on any atom is -0.158 e. The molecular weight excluding hydrogens is 260 g/mol. The van der Waals surface area contributed by atoms with Gasteiger partial charge >= 0.3 is 0 Å². The van der Waals surface area contributed by atoms with Gasteiger partial charge in [0.05, 0.1) is 0 Å². The van der Waals surface area contributed by atoms with Crippen LogP contribution in [0, 0.1) is 0 Å². The summed E-state index contributed by atoms with van der Waals surface area (Å²) in [5.74, 6) is 2.46. The topological polar surface area (TPSA) is 0 Å². The van der Waals surface area contributed by atoms with Gasteiger partial charge in [-0.3, -0.25) is 0 Å². The van der Waals surface area contributed by atoms with Crippen LogP contribution in [-0.4, -0.2) is 11.5 Å². The van der Waals surface area contributed by atoms with Gasteiger partial charge in [0.25, 0.3) is 0 Å². The zero-order valence-corrected chi connectivity index (χ0v) is 13.8. The second-order valence-corrected chi connectivity index (χ2v) is 6.51. The van der Waals surface area contributed by atoms with Crippen LogP contribution in [0.5, 0.6) is 0 Å². The van der Waals surface area contributed by atoms with Gasteiger partial charge in [0.15, 0.2) is 0 Å². The predicted molar refractivity (Wildman–Crippen MR) is 95.4 cm³/mol. The number of unbranched alkanes of at least 4 members (excludes halogenated alkanes) is 7. The summed E-state index contributed by atoms with van der Waals surface area (Å²) in [6.45, 7) is 2.28. The lowest BCUT2D eigenvalue weighted by Gasteiger charge is -2.01. The van der Waals surface area contributed by atoms with Crippen molar-refractivity contribution in [2.24, 2.45) is 0 Å². The molecule has 0 atom stereocenters. The van der Waals surface area contributed by atoms with Gasteiger partial charge in [-0.25, -0.2) is 0 Å². The molecule has 0 aromatic heterocycles. The zero-order chi connectivity index (χ0) is 14.3. The summed E-state index contributed by atoms with van der Waals surface area (Å²) in [6, 6.07) is 10.6. The average molecular weight is 291 g/mol. The highest BCUT2D eigenvalue weighted by molar-refractivity contribution is 7.99. The Bertz CT molecular complexity index is 329. The van der Waals surface area contributed by atoms with Crippen LogP contribution in [0.4, 0.5) is 0 Å². The summed E-state index contributed by atoms with van der Waals surface area (Å²) in [7, 11) is 0. The highest BCUT2D eigenvalue weighted by Crippen LogP contribution is 2.11. The Hall–Kier alpha value is -0.690. The van der Waals surface area contributed by atoms with Crippen molar-refractivity contribution in [3.8, 4) is 0 Å². The molecule has 0 N–H and O–H groups in total. The van der Waals surface area contributed by atoms with Gasteiger partial charge < -0.3 is 0 Å². The highest BCUT2D eigenvalue weighted by atomic mass is 32.2. The van der Waals surface area contributed by atoms with Crippen LogP contribution in [-0.2, 0) is 0 Å². The van der Waals surface area contributed by atoms with Crippen molar-refractivity contribution in [2.45, 2.75) is 58.3 Å². The van der Waals surface area contributed by atoms with E-state index in [0.717, 1.165) is 5.75 Å². The van der Waals surface area contributed by atoms with E-state index in [9.17, 15) is 0 Å². The Morgan fingerprint density at radius 2 is 1.50 bits per heavy atom. The Balaban J connectivity index is 1.84. The summed E-state index contributed by atoms with van der Waals surface area (Å²) in [4.78, 5) is 0. The number of hydrogen-bond donors (Lipinski definition) is 0. The molecule has 0 radical (unpaired) electrons. The maximum atomic E-state index is 2.28. The lowest BCUT2D eigenvalue weighted by Crippen LogP contribution is -1.84. The van der Waals surface area contributed by atoms with E-state index in [2.05, 4.69) is 61.2 Å². The van der Waals surface area contributed by atoms with E-state index in [1.165, 1.54) is 62.7 Å². The Labute approximate surface area is 130 Å². The average Bonchev–Trinajstić information content (AvgIpc) is 2.49. The van der Waals surface area contributed by atoms with E-state index in [0.29, 0.717) is 0 Å². The molecule has 20 heavy (non-hydrogen) atoms. The summed E-state index contributed by atoms with van der Waals surface area (Å²) < 4.78 is 0. The van der Waals surface area contributed by atoms with Crippen LogP contribution in [0.3, 0.4) is 0 Å². The maximum Gasteiger partial charge on any atom is 0.0116 e. The maximum absolute atomic E-state index is 2.28. The van der Waals surface area contributed by atoms with Crippen molar-refractivity contribution in [3.05, 3.63) is 42.0 Å². The van der Waals surface area contributed by atoms with Crippen LogP contribution in [0.1, 0.15) is 63.9 Å². The van der Waals surface area contributed by atoms with Gasteiger partial charge in [0.2, 0.25) is 0 Å². The first-order chi connectivity index (χ1) is 9.93. The summed E-state index contributed by atoms with van der Waals surface area (Å²) in [5, 5.41) is 0.